The zero-order chi connectivity index (χ0) is 11.7. The molecule has 0 rings (SSSR count). The van der Waals surface area contributed by atoms with E-state index in [1.165, 1.54) is 0 Å². The van der Waals surface area contributed by atoms with Crippen molar-refractivity contribution in [2.24, 2.45) is 5.73 Å². The van der Waals surface area contributed by atoms with Gasteiger partial charge in [0.1, 0.15) is 0 Å². The number of carbonyl (C=O) groups excluding carboxylic acids is 1. The van der Waals surface area contributed by atoms with Crippen molar-refractivity contribution in [2.75, 3.05) is 13.7 Å². The second kappa shape index (κ2) is 8.61. The largest absolute Gasteiger partial charge is 0.393 e. The van der Waals surface area contributed by atoms with Gasteiger partial charge in [0.2, 0.25) is 5.91 Å². The summed E-state index contributed by atoms with van der Waals surface area (Å²) < 4.78 is 5.04. The zero-order valence-corrected chi connectivity index (χ0v) is 10.2. The fraction of sp³-hybridized carbons (Fsp3) is 0.800. The molecule has 4 nitrogen and oxygen atoms in total. The third-order valence-corrected chi connectivity index (χ3v) is 2.31. The van der Waals surface area contributed by atoms with Crippen molar-refractivity contribution in [3.05, 3.63) is 0 Å². The Morgan fingerprint density at radius 3 is 2.73 bits per heavy atom. The second-order valence-corrected chi connectivity index (χ2v) is 4.03. The molecule has 0 aromatic heterocycles. The van der Waals surface area contributed by atoms with E-state index in [1.54, 1.807) is 7.11 Å². The minimum atomic E-state index is 0.0573. The number of ether oxygens (including phenoxy) is 1. The first kappa shape index (κ1) is 14.3. The van der Waals surface area contributed by atoms with Gasteiger partial charge in [-0.3, -0.25) is 4.79 Å². The molecule has 15 heavy (non-hydrogen) atoms. The molecule has 0 aromatic rings. The molecule has 0 fully saturated rings. The number of nitrogens with two attached hydrogens (primary N) is 1. The fourth-order valence-electron chi connectivity index (χ4n) is 1.03. The average molecular weight is 232 g/mol. The number of amides is 1. The van der Waals surface area contributed by atoms with E-state index in [2.05, 4.69) is 5.32 Å². The smallest absolute Gasteiger partial charge is 0.220 e. The lowest BCUT2D eigenvalue weighted by Crippen LogP contribution is -2.26. The molecule has 0 saturated heterocycles. The highest BCUT2D eigenvalue weighted by molar-refractivity contribution is 7.80. The molecule has 0 aliphatic carbocycles. The average Bonchev–Trinajstić information content (AvgIpc) is 2.20. The number of methoxy groups -OCH3 is 1. The Labute approximate surface area is 96.5 Å². The van der Waals surface area contributed by atoms with E-state index in [1.807, 2.05) is 6.92 Å². The molecule has 5 heteroatoms. The Morgan fingerprint density at radius 2 is 2.20 bits per heavy atom. The monoisotopic (exact) mass is 232 g/mol. The van der Waals surface area contributed by atoms with E-state index in [0.717, 1.165) is 12.8 Å². The van der Waals surface area contributed by atoms with Crippen LogP contribution in [0.25, 0.3) is 0 Å². The number of hydrogen-bond donors (Lipinski definition) is 2. The van der Waals surface area contributed by atoms with E-state index in [9.17, 15) is 4.79 Å². The lowest BCUT2D eigenvalue weighted by molar-refractivity contribution is -0.121. The van der Waals surface area contributed by atoms with Crippen molar-refractivity contribution in [2.45, 2.75) is 38.7 Å². The molecule has 1 unspecified atom stereocenters. The summed E-state index contributed by atoms with van der Waals surface area (Å²) in [6.45, 7) is 2.58. The third kappa shape index (κ3) is 9.62. The second-order valence-electron chi connectivity index (χ2n) is 3.50. The van der Waals surface area contributed by atoms with E-state index in [0.29, 0.717) is 24.4 Å². The Balaban J connectivity index is 3.37. The van der Waals surface area contributed by atoms with Crippen molar-refractivity contribution >= 4 is 23.1 Å². The van der Waals surface area contributed by atoms with Crippen LogP contribution in [0.5, 0.6) is 0 Å². The van der Waals surface area contributed by atoms with Crippen molar-refractivity contribution in [3.8, 4) is 0 Å². The maximum atomic E-state index is 11.3. The first-order valence-electron chi connectivity index (χ1n) is 5.14. The van der Waals surface area contributed by atoms with Crippen LogP contribution in [-0.2, 0) is 9.53 Å². The van der Waals surface area contributed by atoms with Crippen LogP contribution >= 0.6 is 12.2 Å². The van der Waals surface area contributed by atoms with Crippen LogP contribution in [0.3, 0.4) is 0 Å². The van der Waals surface area contributed by atoms with Gasteiger partial charge in [-0.25, -0.2) is 0 Å². The van der Waals surface area contributed by atoms with Gasteiger partial charge in [-0.1, -0.05) is 12.2 Å². The number of rotatable bonds is 8. The summed E-state index contributed by atoms with van der Waals surface area (Å²) >= 11 is 4.72. The number of carbonyl (C=O) groups is 1. The number of thiocarbonyl (C=S) groups is 1. The number of nitrogens with one attached hydrogen (secondary N) is 1. The molecule has 0 spiro atoms. The molecule has 0 saturated carbocycles. The normalized spacial score (nSPS) is 12.1. The molecule has 0 aliphatic heterocycles. The summed E-state index contributed by atoms with van der Waals surface area (Å²) in [4.78, 5) is 11.8. The highest BCUT2D eigenvalue weighted by Gasteiger charge is 2.04. The summed E-state index contributed by atoms with van der Waals surface area (Å²) in [7, 11) is 1.64. The Kier molecular flexibility index (Phi) is 8.22. The fourth-order valence-corrected chi connectivity index (χ4v) is 1.18. The van der Waals surface area contributed by atoms with Crippen LogP contribution in [0.1, 0.15) is 32.6 Å². The molecule has 0 aromatic carbocycles. The topological polar surface area (TPSA) is 64.3 Å². The molecule has 0 bridgehead atoms. The van der Waals surface area contributed by atoms with Crippen molar-refractivity contribution in [1.29, 1.82) is 0 Å². The summed E-state index contributed by atoms with van der Waals surface area (Å²) in [5, 5.41) is 2.81. The van der Waals surface area contributed by atoms with Gasteiger partial charge >= 0.3 is 0 Å². The number of hydrogen-bond acceptors (Lipinski definition) is 3. The Hall–Kier alpha value is -0.680. The van der Waals surface area contributed by atoms with Gasteiger partial charge in [-0.15, -0.1) is 0 Å². The van der Waals surface area contributed by atoms with Gasteiger partial charge in [-0.05, 0) is 26.2 Å². The molecular formula is C10H20N2O2S. The minimum Gasteiger partial charge on any atom is -0.393 e. The van der Waals surface area contributed by atoms with Crippen molar-refractivity contribution < 1.29 is 9.53 Å². The first-order chi connectivity index (χ1) is 7.06. The van der Waals surface area contributed by atoms with Crippen LogP contribution < -0.4 is 11.1 Å². The lowest BCUT2D eigenvalue weighted by atomic mass is 10.2. The van der Waals surface area contributed by atoms with Crippen molar-refractivity contribution in [3.63, 3.8) is 0 Å². The van der Waals surface area contributed by atoms with Gasteiger partial charge in [0.15, 0.2) is 0 Å². The van der Waals surface area contributed by atoms with E-state index in [-0.39, 0.29) is 12.0 Å². The third-order valence-electron chi connectivity index (χ3n) is 2.10. The summed E-state index contributed by atoms with van der Waals surface area (Å²) in [5.74, 6) is 0.0573. The first-order valence-corrected chi connectivity index (χ1v) is 5.55. The van der Waals surface area contributed by atoms with Crippen LogP contribution in [0, 0.1) is 0 Å². The van der Waals surface area contributed by atoms with Crippen LogP contribution in [0.2, 0.25) is 0 Å². The van der Waals surface area contributed by atoms with Gasteiger partial charge in [-0.2, -0.15) is 0 Å². The summed E-state index contributed by atoms with van der Waals surface area (Å²) in [6, 6.07) is 0. The Morgan fingerprint density at radius 1 is 1.53 bits per heavy atom. The maximum Gasteiger partial charge on any atom is 0.220 e. The maximum absolute atomic E-state index is 11.3. The van der Waals surface area contributed by atoms with E-state index >= 15 is 0 Å². The highest BCUT2D eigenvalue weighted by Crippen LogP contribution is 1.99. The predicted molar refractivity (Wildman–Crippen MR) is 64.7 cm³/mol. The minimum absolute atomic E-state index is 0.0573. The molecule has 1 atom stereocenters. The molecular weight excluding hydrogens is 212 g/mol. The zero-order valence-electron chi connectivity index (χ0n) is 9.41. The van der Waals surface area contributed by atoms with Gasteiger partial charge < -0.3 is 15.8 Å². The molecule has 0 radical (unpaired) electrons. The van der Waals surface area contributed by atoms with Crippen LogP contribution in [0.15, 0.2) is 0 Å². The van der Waals surface area contributed by atoms with E-state index in [4.69, 9.17) is 22.7 Å². The molecule has 3 N–H and O–H groups in total. The quantitative estimate of drug-likeness (QED) is 0.484. The van der Waals surface area contributed by atoms with Crippen molar-refractivity contribution in [1.82, 2.24) is 5.32 Å². The van der Waals surface area contributed by atoms with Gasteiger partial charge in [0.05, 0.1) is 11.1 Å². The highest BCUT2D eigenvalue weighted by atomic mass is 32.1. The predicted octanol–water partition coefficient (Wildman–Crippen LogP) is 0.984. The SMILES string of the molecule is COC(C)CCC(=O)NCCCC(N)=S. The van der Waals surface area contributed by atoms with Gasteiger partial charge in [0, 0.05) is 20.1 Å². The van der Waals surface area contributed by atoms with E-state index < -0.39 is 0 Å². The van der Waals surface area contributed by atoms with Crippen LogP contribution in [0.4, 0.5) is 0 Å². The molecule has 0 aliphatic rings. The molecule has 0 heterocycles. The summed E-state index contributed by atoms with van der Waals surface area (Å²) in [6.07, 6.45) is 2.87. The van der Waals surface area contributed by atoms with Gasteiger partial charge in [0.25, 0.3) is 0 Å². The summed E-state index contributed by atoms with van der Waals surface area (Å²) in [5.41, 5.74) is 5.33. The Bertz CT molecular complexity index is 210. The van der Waals surface area contributed by atoms with Crippen LogP contribution in [-0.4, -0.2) is 30.7 Å². The standard InChI is InChI=1S/C10H20N2O2S/c1-8(14-2)5-6-10(13)12-7-3-4-9(11)15/h8H,3-7H2,1-2H3,(H2,11,15)(H,12,13). The lowest BCUT2D eigenvalue weighted by Gasteiger charge is -2.09. The molecule has 1 amide bonds. The molecule has 88 valence electrons.